The summed E-state index contributed by atoms with van der Waals surface area (Å²) in [7, 11) is 1.52. The highest BCUT2D eigenvalue weighted by Gasteiger charge is 2.33. The fourth-order valence-electron chi connectivity index (χ4n) is 2.90. The Morgan fingerprint density at radius 2 is 2.07 bits per heavy atom. The Kier molecular flexibility index (Phi) is 5.14. The third-order valence-corrected chi connectivity index (χ3v) is 5.31. The highest BCUT2D eigenvalue weighted by atomic mass is 32.2. The van der Waals surface area contributed by atoms with Gasteiger partial charge in [0, 0.05) is 24.8 Å². The van der Waals surface area contributed by atoms with Crippen molar-refractivity contribution in [2.24, 2.45) is 0 Å². The van der Waals surface area contributed by atoms with Crippen LogP contribution in [0.3, 0.4) is 0 Å². The summed E-state index contributed by atoms with van der Waals surface area (Å²) in [5.41, 5.74) is 1.42. The average Bonchev–Trinajstić information content (AvgIpc) is 3.05. The van der Waals surface area contributed by atoms with Crippen LogP contribution >= 0.6 is 11.8 Å². The van der Waals surface area contributed by atoms with E-state index in [4.69, 9.17) is 0 Å². The quantitative estimate of drug-likeness (QED) is 0.485. The van der Waals surface area contributed by atoms with Crippen LogP contribution in [0.15, 0.2) is 41.0 Å². The zero-order valence-electron chi connectivity index (χ0n) is 14.7. The summed E-state index contributed by atoms with van der Waals surface area (Å²) in [6, 6.07) is 3.74. The molecular weight excluding hydrogens is 377 g/mol. The minimum Gasteiger partial charge on any atom is -0.355 e. The van der Waals surface area contributed by atoms with Gasteiger partial charge in [0.1, 0.15) is 17.2 Å². The number of benzene rings is 1. The molecule has 0 spiro atoms. The smallest absolute Gasteiger partial charge is 0.355 e. The van der Waals surface area contributed by atoms with Gasteiger partial charge in [-0.15, -0.1) is 0 Å². The zero-order valence-corrected chi connectivity index (χ0v) is 15.5. The van der Waals surface area contributed by atoms with Crippen molar-refractivity contribution < 1.29 is 18.0 Å². The molecule has 2 aromatic rings. The molecule has 0 saturated carbocycles. The summed E-state index contributed by atoms with van der Waals surface area (Å²) >= 11 is 1.13. The highest BCUT2D eigenvalue weighted by molar-refractivity contribution is 8.04. The molecule has 0 radical (unpaired) electrons. The topological polar surface area (TPSA) is 58.1 Å². The number of rotatable bonds is 4. The first-order valence-electron chi connectivity index (χ1n) is 8.10. The maximum absolute atomic E-state index is 12.9. The second-order valence-corrected chi connectivity index (χ2v) is 7.06. The first-order valence-corrected chi connectivity index (χ1v) is 8.92. The fourth-order valence-corrected chi connectivity index (χ4v) is 3.67. The molecule has 0 atom stereocenters. The van der Waals surface area contributed by atoms with Crippen molar-refractivity contribution in [3.8, 4) is 0 Å². The van der Waals surface area contributed by atoms with Gasteiger partial charge in [0.2, 0.25) is 0 Å². The van der Waals surface area contributed by atoms with E-state index in [2.05, 4.69) is 21.9 Å². The summed E-state index contributed by atoms with van der Waals surface area (Å²) in [4.78, 5) is 22.4. The van der Waals surface area contributed by atoms with Crippen LogP contribution in [0.1, 0.15) is 16.7 Å². The predicted molar refractivity (Wildman–Crippen MR) is 98.0 cm³/mol. The van der Waals surface area contributed by atoms with Crippen molar-refractivity contribution in [3.05, 3.63) is 52.7 Å². The number of alkyl halides is 3. The van der Waals surface area contributed by atoms with Gasteiger partial charge < -0.3 is 10.2 Å². The van der Waals surface area contributed by atoms with Crippen LogP contribution in [-0.2, 0) is 17.4 Å². The average molecular weight is 394 g/mol. The molecule has 3 rings (SSSR count). The van der Waals surface area contributed by atoms with E-state index in [1.807, 2.05) is 11.8 Å². The zero-order chi connectivity index (χ0) is 19.8. The van der Waals surface area contributed by atoms with Crippen molar-refractivity contribution in [1.29, 1.82) is 0 Å². The number of likely N-dealkylation sites (N-methyl/N-ethyl adjacent to an activating group) is 1. The summed E-state index contributed by atoms with van der Waals surface area (Å²) in [6.07, 6.45) is -2.49. The van der Waals surface area contributed by atoms with Crippen LogP contribution in [0.25, 0.3) is 0 Å². The summed E-state index contributed by atoms with van der Waals surface area (Å²) in [6.45, 7) is 6.07. The first kappa shape index (κ1) is 19.2. The number of nitrogens with zero attached hydrogens (tertiary/aromatic N) is 3. The Balaban J connectivity index is 1.92. The van der Waals surface area contributed by atoms with Crippen LogP contribution in [0.5, 0.6) is 0 Å². The van der Waals surface area contributed by atoms with Crippen LogP contribution in [0, 0.1) is 6.92 Å². The Hall–Kier alpha value is -2.55. The number of hydrogen-bond acceptors (Lipinski definition) is 5. The van der Waals surface area contributed by atoms with Crippen molar-refractivity contribution in [2.45, 2.75) is 24.5 Å². The molecule has 0 saturated heterocycles. The van der Waals surface area contributed by atoms with E-state index < -0.39 is 11.7 Å². The lowest BCUT2D eigenvalue weighted by atomic mass is 10.1. The van der Waals surface area contributed by atoms with Gasteiger partial charge in [-0.2, -0.15) is 13.2 Å². The van der Waals surface area contributed by atoms with Crippen molar-refractivity contribution in [1.82, 2.24) is 15.3 Å². The number of nitrogens with one attached hydrogen (secondary N) is 1. The SMILES string of the molecule is C=C(Sc1ncnc(N2CCc3cc(C(F)(F)F)ccc32)c1C)C(=O)NC. The minimum atomic E-state index is -4.36. The third kappa shape index (κ3) is 3.78. The maximum atomic E-state index is 12.9. The molecule has 5 nitrogen and oxygen atoms in total. The van der Waals surface area contributed by atoms with Crippen LogP contribution in [-0.4, -0.2) is 29.5 Å². The Morgan fingerprint density at radius 3 is 2.74 bits per heavy atom. The molecule has 0 bridgehead atoms. The molecule has 0 fully saturated rings. The predicted octanol–water partition coefficient (Wildman–Crippen LogP) is 3.85. The molecule has 1 aromatic carbocycles. The van der Waals surface area contributed by atoms with Crippen LogP contribution in [0.2, 0.25) is 0 Å². The summed E-state index contributed by atoms with van der Waals surface area (Å²) in [5, 5.41) is 3.08. The van der Waals surface area contributed by atoms with E-state index in [9.17, 15) is 18.0 Å². The van der Waals surface area contributed by atoms with Crippen molar-refractivity contribution in [2.75, 3.05) is 18.5 Å². The molecule has 0 unspecified atom stereocenters. The molecule has 1 aromatic heterocycles. The monoisotopic (exact) mass is 394 g/mol. The lowest BCUT2D eigenvalue weighted by Gasteiger charge is -2.21. The van der Waals surface area contributed by atoms with Gasteiger partial charge in [-0.05, 0) is 37.1 Å². The lowest BCUT2D eigenvalue weighted by Crippen LogP contribution is -2.19. The molecule has 2 heterocycles. The number of anilines is 2. The number of hydrogen-bond donors (Lipinski definition) is 1. The largest absolute Gasteiger partial charge is 0.416 e. The van der Waals surface area contributed by atoms with E-state index >= 15 is 0 Å². The van der Waals surface area contributed by atoms with Gasteiger partial charge in [-0.3, -0.25) is 4.79 Å². The molecular formula is C18H17F3N4OS. The van der Waals surface area contributed by atoms with Gasteiger partial charge in [0.25, 0.3) is 5.91 Å². The number of thioether (sulfide) groups is 1. The van der Waals surface area contributed by atoms with Crippen LogP contribution in [0.4, 0.5) is 24.7 Å². The Labute approximate surface area is 158 Å². The number of aromatic nitrogens is 2. The number of fused-ring (bicyclic) bond motifs is 1. The molecule has 1 amide bonds. The van der Waals surface area contributed by atoms with Gasteiger partial charge >= 0.3 is 6.18 Å². The number of halogens is 3. The van der Waals surface area contributed by atoms with E-state index in [-0.39, 0.29) is 5.91 Å². The molecule has 1 aliphatic heterocycles. The summed E-state index contributed by atoms with van der Waals surface area (Å²) in [5.74, 6) is 0.307. The number of carbonyl (C=O) groups is 1. The highest BCUT2D eigenvalue weighted by Crippen LogP contribution is 2.40. The van der Waals surface area contributed by atoms with E-state index in [1.54, 1.807) is 0 Å². The van der Waals surface area contributed by atoms with Gasteiger partial charge in [-0.1, -0.05) is 18.3 Å². The molecule has 1 aliphatic rings. The molecule has 27 heavy (non-hydrogen) atoms. The number of carbonyl (C=O) groups excluding carboxylic acids is 1. The minimum absolute atomic E-state index is 0.293. The maximum Gasteiger partial charge on any atom is 0.416 e. The standard InChI is InChI=1S/C18H17F3N4OS/c1-10-15(23-9-24-17(10)27-11(2)16(26)22-3)25-7-6-12-8-13(18(19,20)21)4-5-14(12)25/h4-5,8-9H,2,6-7H2,1,3H3,(H,22,26). The Bertz CT molecular complexity index is 914. The van der Waals surface area contributed by atoms with Crippen molar-refractivity contribution >= 4 is 29.2 Å². The molecule has 142 valence electrons. The van der Waals surface area contributed by atoms with E-state index in [1.165, 1.54) is 25.5 Å². The van der Waals surface area contributed by atoms with Gasteiger partial charge in [0.15, 0.2) is 0 Å². The van der Waals surface area contributed by atoms with Crippen LogP contribution < -0.4 is 10.2 Å². The molecule has 1 N–H and O–H groups in total. The third-order valence-electron chi connectivity index (χ3n) is 4.27. The van der Waals surface area contributed by atoms with E-state index in [0.29, 0.717) is 40.0 Å². The fraction of sp³-hybridized carbons (Fsp3) is 0.278. The first-order chi connectivity index (χ1) is 12.7. The molecule has 0 aliphatic carbocycles. The molecule has 9 heteroatoms. The number of amides is 1. The van der Waals surface area contributed by atoms with Crippen molar-refractivity contribution in [3.63, 3.8) is 0 Å². The second kappa shape index (κ2) is 7.22. The lowest BCUT2D eigenvalue weighted by molar-refractivity contribution is -0.137. The normalized spacial score (nSPS) is 13.4. The van der Waals surface area contributed by atoms with Gasteiger partial charge in [0.05, 0.1) is 10.5 Å². The van der Waals surface area contributed by atoms with E-state index in [0.717, 1.165) is 23.4 Å². The second-order valence-electron chi connectivity index (χ2n) is 5.97. The van der Waals surface area contributed by atoms with Gasteiger partial charge in [-0.25, -0.2) is 9.97 Å². The summed E-state index contributed by atoms with van der Waals surface area (Å²) < 4.78 is 38.8. The Morgan fingerprint density at radius 1 is 1.33 bits per heavy atom.